The first kappa shape index (κ1) is 16.3. The first-order valence-electron chi connectivity index (χ1n) is 3.41. The van der Waals surface area contributed by atoms with Crippen molar-refractivity contribution in [2.75, 3.05) is 0 Å². The van der Waals surface area contributed by atoms with Crippen LogP contribution in [-0.2, 0) is 0 Å². The second kappa shape index (κ2) is 15.8. The number of hydrogen-bond donors (Lipinski definition) is 0. The third-order valence-electron chi connectivity index (χ3n) is 0.500. The molecule has 0 spiro atoms. The second-order valence-electron chi connectivity index (χ2n) is 2.50. The standard InChI is InChI=1S/C4H9.C4H10.Li/c1-4(2)3;1-3-4-2;/h1-3H3;3-4H2,1-2H3;/q-1;;+1. The SMILES string of the molecule is CCCC.C[C-](C)C.[Li+]. The van der Waals surface area contributed by atoms with E-state index >= 15 is 0 Å². The van der Waals surface area contributed by atoms with Gasteiger partial charge in [0.1, 0.15) is 0 Å². The quantitative estimate of drug-likeness (QED) is 0.349. The normalized spacial score (nSPS) is 7.33. The van der Waals surface area contributed by atoms with Crippen LogP contribution in [0, 0.1) is 5.92 Å². The average molecular weight is 122 g/mol. The number of rotatable bonds is 1. The van der Waals surface area contributed by atoms with E-state index in [0.717, 1.165) is 0 Å². The Kier molecular flexibility index (Phi) is 28.7. The van der Waals surface area contributed by atoms with Gasteiger partial charge in [-0.3, -0.25) is 0 Å². The molecule has 0 unspecified atom stereocenters. The summed E-state index contributed by atoms with van der Waals surface area (Å²) in [6.07, 6.45) is 2.64. The molecule has 0 N–H and O–H groups in total. The van der Waals surface area contributed by atoms with Gasteiger partial charge >= 0.3 is 18.9 Å². The van der Waals surface area contributed by atoms with Crippen LogP contribution in [0.3, 0.4) is 0 Å². The smallest absolute Gasteiger partial charge is 0.323 e. The summed E-state index contributed by atoms with van der Waals surface area (Å²) in [5.74, 6) is 1.42. The zero-order valence-electron chi connectivity index (χ0n) is 7.91. The first-order chi connectivity index (χ1) is 3.65. The van der Waals surface area contributed by atoms with Crippen LogP contribution < -0.4 is 18.9 Å². The van der Waals surface area contributed by atoms with Crippen LogP contribution in [-0.4, -0.2) is 0 Å². The van der Waals surface area contributed by atoms with Crippen molar-refractivity contribution in [3.05, 3.63) is 5.92 Å². The van der Waals surface area contributed by atoms with E-state index in [9.17, 15) is 0 Å². The topological polar surface area (TPSA) is 0 Å². The van der Waals surface area contributed by atoms with Crippen LogP contribution in [0.25, 0.3) is 0 Å². The molecule has 0 nitrogen and oxygen atoms in total. The molecule has 1 heteroatoms. The van der Waals surface area contributed by atoms with E-state index in [1.54, 1.807) is 0 Å². The van der Waals surface area contributed by atoms with E-state index in [1.807, 2.05) is 0 Å². The van der Waals surface area contributed by atoms with Crippen molar-refractivity contribution >= 4 is 0 Å². The van der Waals surface area contributed by atoms with Gasteiger partial charge in [-0.25, -0.2) is 0 Å². The van der Waals surface area contributed by atoms with Gasteiger partial charge < -0.3 is 5.92 Å². The molecule has 0 radical (unpaired) electrons. The van der Waals surface area contributed by atoms with Gasteiger partial charge in [0.25, 0.3) is 0 Å². The zero-order valence-corrected chi connectivity index (χ0v) is 7.91. The predicted molar refractivity (Wildman–Crippen MR) is 40.8 cm³/mol. The minimum atomic E-state index is 0. The fourth-order valence-corrected chi connectivity index (χ4v) is 0. The minimum absolute atomic E-state index is 0. The monoisotopic (exact) mass is 122 g/mol. The molecule has 0 aliphatic carbocycles. The van der Waals surface area contributed by atoms with E-state index in [2.05, 4.69) is 34.6 Å². The molecule has 0 aliphatic heterocycles. The van der Waals surface area contributed by atoms with Gasteiger partial charge in [0.15, 0.2) is 0 Å². The van der Waals surface area contributed by atoms with Crippen molar-refractivity contribution in [2.24, 2.45) is 0 Å². The van der Waals surface area contributed by atoms with Crippen molar-refractivity contribution in [2.45, 2.75) is 47.5 Å². The summed E-state index contributed by atoms with van der Waals surface area (Å²) < 4.78 is 0. The molecule has 0 aromatic rings. The van der Waals surface area contributed by atoms with Gasteiger partial charge in [-0.2, -0.15) is 20.8 Å². The Bertz CT molecular complexity index is 21.0. The first-order valence-corrected chi connectivity index (χ1v) is 3.41. The van der Waals surface area contributed by atoms with Crippen molar-refractivity contribution in [1.29, 1.82) is 0 Å². The van der Waals surface area contributed by atoms with E-state index in [4.69, 9.17) is 0 Å². The summed E-state index contributed by atoms with van der Waals surface area (Å²) in [7, 11) is 0. The molecule has 0 atom stereocenters. The Labute approximate surface area is 72.6 Å². The van der Waals surface area contributed by atoms with E-state index in [-0.39, 0.29) is 18.9 Å². The summed E-state index contributed by atoms with van der Waals surface area (Å²) in [4.78, 5) is 0. The average Bonchev–Trinajstić information content (AvgIpc) is 1.65. The fourth-order valence-electron chi connectivity index (χ4n) is 0. The molecule has 9 heavy (non-hydrogen) atoms. The van der Waals surface area contributed by atoms with E-state index < -0.39 is 0 Å². The molecule has 0 aromatic carbocycles. The van der Waals surface area contributed by atoms with E-state index in [0.29, 0.717) is 0 Å². The molecule has 0 saturated carbocycles. The van der Waals surface area contributed by atoms with Gasteiger partial charge in [0.2, 0.25) is 0 Å². The van der Waals surface area contributed by atoms with Gasteiger partial charge in [-0.05, 0) is 0 Å². The predicted octanol–water partition coefficient (Wildman–Crippen LogP) is 0.431. The maximum absolute atomic E-state index is 2.18. The summed E-state index contributed by atoms with van der Waals surface area (Å²) in [5, 5.41) is 0. The van der Waals surface area contributed by atoms with Gasteiger partial charge in [0, 0.05) is 0 Å². The van der Waals surface area contributed by atoms with Gasteiger partial charge in [0.05, 0.1) is 0 Å². The van der Waals surface area contributed by atoms with Crippen LogP contribution in [0.15, 0.2) is 0 Å². The molecule has 0 fully saturated rings. The van der Waals surface area contributed by atoms with Crippen LogP contribution in [0.5, 0.6) is 0 Å². The minimum Gasteiger partial charge on any atom is -0.323 e. The summed E-state index contributed by atoms with van der Waals surface area (Å²) in [6, 6.07) is 0. The van der Waals surface area contributed by atoms with Crippen LogP contribution in [0.4, 0.5) is 0 Å². The summed E-state index contributed by atoms with van der Waals surface area (Å²) in [5.41, 5.74) is 0. The Morgan fingerprint density at radius 2 is 1.00 bits per heavy atom. The largest absolute Gasteiger partial charge is 1.00 e. The number of unbranched alkanes of at least 4 members (excludes halogenated alkanes) is 1. The van der Waals surface area contributed by atoms with Crippen molar-refractivity contribution in [3.8, 4) is 0 Å². The molecule has 0 saturated heterocycles. The molecule has 0 bridgehead atoms. The Morgan fingerprint density at radius 3 is 1.00 bits per heavy atom. The number of hydrogen-bond acceptors (Lipinski definition) is 0. The molecule has 52 valence electrons. The zero-order chi connectivity index (χ0) is 6.99. The Hall–Kier alpha value is 0.597. The molecule has 0 amide bonds. The summed E-state index contributed by atoms with van der Waals surface area (Å²) in [6.45, 7) is 10.6. The van der Waals surface area contributed by atoms with Crippen LogP contribution >= 0.6 is 0 Å². The molecule has 0 heterocycles. The third kappa shape index (κ3) is 147. The third-order valence-corrected chi connectivity index (χ3v) is 0.500. The van der Waals surface area contributed by atoms with E-state index in [1.165, 1.54) is 18.8 Å². The molecular formula is C8H19Li. The Morgan fingerprint density at radius 1 is 0.889 bits per heavy atom. The second-order valence-corrected chi connectivity index (χ2v) is 2.50. The van der Waals surface area contributed by atoms with Crippen molar-refractivity contribution in [1.82, 2.24) is 0 Å². The van der Waals surface area contributed by atoms with Gasteiger partial charge in [-0.1, -0.05) is 26.7 Å². The van der Waals surface area contributed by atoms with Crippen molar-refractivity contribution in [3.63, 3.8) is 0 Å². The maximum Gasteiger partial charge on any atom is 1.00 e. The van der Waals surface area contributed by atoms with Crippen LogP contribution in [0.2, 0.25) is 0 Å². The van der Waals surface area contributed by atoms with Crippen LogP contribution in [0.1, 0.15) is 47.5 Å². The Balaban J connectivity index is -0.0000000720. The molecule has 0 rings (SSSR count). The maximum atomic E-state index is 2.18. The fraction of sp³-hybridized carbons (Fsp3) is 0.875. The van der Waals surface area contributed by atoms with Gasteiger partial charge in [-0.15, -0.1) is 0 Å². The molecule has 0 aromatic heterocycles. The molecular weight excluding hydrogens is 103 g/mol. The summed E-state index contributed by atoms with van der Waals surface area (Å²) >= 11 is 0. The molecule has 0 aliphatic rings. The van der Waals surface area contributed by atoms with Crippen molar-refractivity contribution < 1.29 is 18.9 Å².